The van der Waals surface area contributed by atoms with E-state index < -0.39 is 12.3 Å². The number of rotatable bonds is 4. The molecule has 0 spiro atoms. The van der Waals surface area contributed by atoms with Crippen LogP contribution in [0.5, 0.6) is 0 Å². The van der Waals surface area contributed by atoms with Crippen molar-refractivity contribution in [3.63, 3.8) is 0 Å². The largest absolute Gasteiger partial charge is 0.454 e. The fourth-order valence-electron chi connectivity index (χ4n) is 1.12. The van der Waals surface area contributed by atoms with Gasteiger partial charge >= 0.3 is 5.97 Å². The SMILES string of the molecule is C=CC(=O)OC(CC)C1OCCO1. The maximum atomic E-state index is 10.9. The number of carbonyl (C=O) groups excluding carboxylic acids is 1. The van der Waals surface area contributed by atoms with Crippen LogP contribution in [0.15, 0.2) is 12.7 Å². The van der Waals surface area contributed by atoms with Crippen molar-refractivity contribution in [1.82, 2.24) is 0 Å². The molecule has 0 aliphatic carbocycles. The van der Waals surface area contributed by atoms with Gasteiger partial charge in [-0.1, -0.05) is 13.5 Å². The van der Waals surface area contributed by atoms with E-state index in [0.29, 0.717) is 19.6 Å². The fourth-order valence-corrected chi connectivity index (χ4v) is 1.12. The molecule has 0 bridgehead atoms. The third-order valence-corrected chi connectivity index (χ3v) is 1.79. The van der Waals surface area contributed by atoms with Gasteiger partial charge in [-0.25, -0.2) is 4.79 Å². The lowest BCUT2D eigenvalue weighted by atomic mass is 10.2. The molecule has 1 heterocycles. The molecule has 13 heavy (non-hydrogen) atoms. The Morgan fingerprint density at radius 1 is 1.69 bits per heavy atom. The molecule has 4 heteroatoms. The third-order valence-electron chi connectivity index (χ3n) is 1.79. The summed E-state index contributed by atoms with van der Waals surface area (Å²) in [6.07, 6.45) is 1.07. The van der Waals surface area contributed by atoms with Gasteiger partial charge in [0.05, 0.1) is 13.2 Å². The van der Waals surface area contributed by atoms with Crippen LogP contribution in [0.4, 0.5) is 0 Å². The Kier molecular flexibility index (Phi) is 3.92. The molecule has 0 aromatic heterocycles. The number of ether oxygens (including phenoxy) is 3. The highest BCUT2D eigenvalue weighted by atomic mass is 16.7. The molecule has 1 fully saturated rings. The Balaban J connectivity index is 2.41. The molecule has 0 saturated carbocycles. The summed E-state index contributed by atoms with van der Waals surface area (Å²) >= 11 is 0. The molecule has 1 rings (SSSR count). The monoisotopic (exact) mass is 186 g/mol. The average molecular weight is 186 g/mol. The van der Waals surface area contributed by atoms with Crippen molar-refractivity contribution in [1.29, 1.82) is 0 Å². The Bertz CT molecular complexity index is 184. The molecular weight excluding hydrogens is 172 g/mol. The molecule has 0 radical (unpaired) electrons. The maximum Gasteiger partial charge on any atom is 0.330 e. The second kappa shape index (κ2) is 4.99. The molecular formula is C9H14O4. The lowest BCUT2D eigenvalue weighted by Crippen LogP contribution is -2.31. The minimum atomic E-state index is -0.439. The zero-order valence-corrected chi connectivity index (χ0v) is 7.69. The van der Waals surface area contributed by atoms with Crippen LogP contribution in [-0.2, 0) is 19.0 Å². The van der Waals surface area contributed by atoms with E-state index in [2.05, 4.69) is 6.58 Å². The predicted molar refractivity (Wildman–Crippen MR) is 46.1 cm³/mol. The lowest BCUT2D eigenvalue weighted by Gasteiger charge is -2.19. The van der Waals surface area contributed by atoms with Crippen LogP contribution in [0.2, 0.25) is 0 Å². The van der Waals surface area contributed by atoms with E-state index in [1.165, 1.54) is 0 Å². The van der Waals surface area contributed by atoms with Crippen molar-refractivity contribution in [2.75, 3.05) is 13.2 Å². The average Bonchev–Trinajstić information content (AvgIpc) is 2.66. The summed E-state index contributed by atoms with van der Waals surface area (Å²) in [6, 6.07) is 0. The molecule has 1 saturated heterocycles. The highest BCUT2D eigenvalue weighted by molar-refractivity contribution is 5.81. The Labute approximate surface area is 77.5 Å². The van der Waals surface area contributed by atoms with Gasteiger partial charge < -0.3 is 14.2 Å². The van der Waals surface area contributed by atoms with Crippen LogP contribution in [-0.4, -0.2) is 31.6 Å². The van der Waals surface area contributed by atoms with E-state index in [4.69, 9.17) is 14.2 Å². The highest BCUT2D eigenvalue weighted by Crippen LogP contribution is 2.14. The molecule has 0 N–H and O–H groups in total. The second-order valence-corrected chi connectivity index (χ2v) is 2.70. The third kappa shape index (κ3) is 2.82. The summed E-state index contributed by atoms with van der Waals surface area (Å²) in [5.41, 5.74) is 0. The maximum absolute atomic E-state index is 10.9. The quantitative estimate of drug-likeness (QED) is 0.482. The van der Waals surface area contributed by atoms with Crippen molar-refractivity contribution in [2.24, 2.45) is 0 Å². The van der Waals surface area contributed by atoms with E-state index in [0.717, 1.165) is 6.08 Å². The van der Waals surface area contributed by atoms with Gasteiger partial charge in [-0.3, -0.25) is 0 Å². The molecule has 4 nitrogen and oxygen atoms in total. The van der Waals surface area contributed by atoms with Gasteiger partial charge in [-0.05, 0) is 6.42 Å². The van der Waals surface area contributed by atoms with E-state index in [1.54, 1.807) is 0 Å². The fraction of sp³-hybridized carbons (Fsp3) is 0.667. The Morgan fingerprint density at radius 3 is 2.77 bits per heavy atom. The van der Waals surface area contributed by atoms with Crippen LogP contribution in [0.3, 0.4) is 0 Å². The number of carbonyl (C=O) groups is 1. The van der Waals surface area contributed by atoms with Gasteiger partial charge in [0.1, 0.15) is 0 Å². The first kappa shape index (κ1) is 10.2. The standard InChI is InChI=1S/C9H14O4/c1-3-7(13-8(10)4-2)9-11-5-6-12-9/h4,7,9H,2-3,5-6H2,1H3. The van der Waals surface area contributed by atoms with Gasteiger partial charge in [-0.2, -0.15) is 0 Å². The minimum absolute atomic E-state index is 0.326. The first-order valence-electron chi connectivity index (χ1n) is 4.34. The number of hydrogen-bond donors (Lipinski definition) is 0. The van der Waals surface area contributed by atoms with Gasteiger partial charge in [-0.15, -0.1) is 0 Å². The van der Waals surface area contributed by atoms with Gasteiger partial charge in [0, 0.05) is 6.08 Å². The number of esters is 1. The molecule has 1 unspecified atom stereocenters. The van der Waals surface area contributed by atoms with Crippen LogP contribution in [0.1, 0.15) is 13.3 Å². The zero-order chi connectivity index (χ0) is 9.68. The van der Waals surface area contributed by atoms with Crippen LogP contribution < -0.4 is 0 Å². The first-order valence-corrected chi connectivity index (χ1v) is 4.34. The number of hydrogen-bond acceptors (Lipinski definition) is 4. The van der Waals surface area contributed by atoms with E-state index in [9.17, 15) is 4.79 Å². The normalized spacial score (nSPS) is 19.8. The first-order chi connectivity index (χ1) is 6.27. The molecule has 74 valence electrons. The van der Waals surface area contributed by atoms with Crippen molar-refractivity contribution in [3.05, 3.63) is 12.7 Å². The molecule has 1 aliphatic rings. The summed E-state index contributed by atoms with van der Waals surface area (Å²) in [7, 11) is 0. The predicted octanol–water partition coefficient (Wildman–Crippen LogP) is 0.867. The van der Waals surface area contributed by atoms with Crippen molar-refractivity contribution < 1.29 is 19.0 Å². The molecule has 1 atom stereocenters. The zero-order valence-electron chi connectivity index (χ0n) is 7.69. The van der Waals surface area contributed by atoms with Gasteiger partial charge in [0.25, 0.3) is 0 Å². The minimum Gasteiger partial charge on any atom is -0.454 e. The van der Waals surface area contributed by atoms with Crippen LogP contribution >= 0.6 is 0 Å². The van der Waals surface area contributed by atoms with Gasteiger partial charge in [0.2, 0.25) is 0 Å². The van der Waals surface area contributed by atoms with Crippen molar-refractivity contribution in [2.45, 2.75) is 25.7 Å². The van der Waals surface area contributed by atoms with Crippen molar-refractivity contribution in [3.8, 4) is 0 Å². The summed E-state index contributed by atoms with van der Waals surface area (Å²) in [4.78, 5) is 10.9. The Hall–Kier alpha value is -0.870. The Morgan fingerprint density at radius 2 is 2.31 bits per heavy atom. The van der Waals surface area contributed by atoms with Crippen LogP contribution in [0.25, 0.3) is 0 Å². The molecule has 0 amide bonds. The van der Waals surface area contributed by atoms with E-state index >= 15 is 0 Å². The topological polar surface area (TPSA) is 44.8 Å². The van der Waals surface area contributed by atoms with Crippen LogP contribution in [0, 0.1) is 0 Å². The lowest BCUT2D eigenvalue weighted by molar-refractivity contribution is -0.169. The summed E-state index contributed by atoms with van der Waals surface area (Å²) in [5.74, 6) is -0.439. The molecule has 1 aliphatic heterocycles. The second-order valence-electron chi connectivity index (χ2n) is 2.70. The van der Waals surface area contributed by atoms with Crippen molar-refractivity contribution >= 4 is 5.97 Å². The summed E-state index contributed by atoms with van der Waals surface area (Å²) < 4.78 is 15.5. The van der Waals surface area contributed by atoms with E-state index in [-0.39, 0.29) is 6.10 Å². The smallest absolute Gasteiger partial charge is 0.330 e. The highest BCUT2D eigenvalue weighted by Gasteiger charge is 2.27. The molecule has 0 aromatic rings. The summed E-state index contributed by atoms with van der Waals surface area (Å²) in [5, 5.41) is 0. The summed E-state index contributed by atoms with van der Waals surface area (Å²) in [6.45, 7) is 6.35. The van der Waals surface area contributed by atoms with Gasteiger partial charge in [0.15, 0.2) is 12.4 Å². The molecule has 0 aromatic carbocycles. The van der Waals surface area contributed by atoms with E-state index in [1.807, 2.05) is 6.92 Å².